The average molecular weight is 217 g/mol. The summed E-state index contributed by atoms with van der Waals surface area (Å²) in [6, 6.07) is 9.51. The van der Waals surface area contributed by atoms with Gasteiger partial charge in [-0.3, -0.25) is 0 Å². The third-order valence-electron chi connectivity index (χ3n) is 2.08. The third-order valence-corrected chi connectivity index (χ3v) is 2.08. The van der Waals surface area contributed by atoms with E-state index in [1.807, 2.05) is 44.3 Å². The van der Waals surface area contributed by atoms with Crippen LogP contribution in [-0.4, -0.2) is 15.9 Å². The number of nitrogen functional groups attached to an aromatic ring is 1. The Morgan fingerprint density at radius 1 is 1.19 bits per heavy atom. The Balaban J connectivity index is 2.19. The highest BCUT2D eigenvalue weighted by molar-refractivity contribution is 5.38. The summed E-state index contributed by atoms with van der Waals surface area (Å²) in [4.78, 5) is 0. The van der Waals surface area contributed by atoms with Crippen LogP contribution in [0, 0.1) is 0 Å². The second-order valence-electron chi connectivity index (χ2n) is 3.85. The van der Waals surface area contributed by atoms with Crippen molar-refractivity contribution in [2.75, 3.05) is 5.73 Å². The second-order valence-corrected chi connectivity index (χ2v) is 3.85. The number of rotatable bonds is 3. The van der Waals surface area contributed by atoms with Crippen LogP contribution in [0.5, 0.6) is 5.75 Å². The second kappa shape index (κ2) is 4.26. The molecule has 0 aliphatic carbocycles. The maximum atomic E-state index is 5.56. The van der Waals surface area contributed by atoms with Gasteiger partial charge in [0.05, 0.1) is 11.8 Å². The molecule has 1 aromatic heterocycles. The van der Waals surface area contributed by atoms with Crippen molar-refractivity contribution < 1.29 is 4.74 Å². The Bertz CT molecular complexity index is 459. The summed E-state index contributed by atoms with van der Waals surface area (Å²) in [5.74, 6) is 1.38. The molecule has 4 heteroatoms. The molecule has 4 nitrogen and oxygen atoms in total. The summed E-state index contributed by atoms with van der Waals surface area (Å²) >= 11 is 0. The van der Waals surface area contributed by atoms with Crippen LogP contribution in [0.2, 0.25) is 0 Å². The summed E-state index contributed by atoms with van der Waals surface area (Å²) in [5, 5.41) is 4.13. The van der Waals surface area contributed by atoms with E-state index < -0.39 is 0 Å². The van der Waals surface area contributed by atoms with Crippen LogP contribution in [0.25, 0.3) is 5.69 Å². The first-order chi connectivity index (χ1) is 7.65. The van der Waals surface area contributed by atoms with E-state index in [-0.39, 0.29) is 6.10 Å². The molecular weight excluding hydrogens is 202 g/mol. The van der Waals surface area contributed by atoms with Crippen LogP contribution >= 0.6 is 0 Å². The van der Waals surface area contributed by atoms with E-state index in [4.69, 9.17) is 10.5 Å². The zero-order chi connectivity index (χ0) is 11.5. The summed E-state index contributed by atoms with van der Waals surface area (Å²) in [6.45, 7) is 4.00. The lowest BCUT2D eigenvalue weighted by Gasteiger charge is -2.09. The van der Waals surface area contributed by atoms with E-state index >= 15 is 0 Å². The smallest absolute Gasteiger partial charge is 0.145 e. The van der Waals surface area contributed by atoms with E-state index in [0.717, 1.165) is 11.4 Å². The minimum Gasteiger partial charge on any atom is -0.491 e. The highest BCUT2D eigenvalue weighted by atomic mass is 16.5. The third kappa shape index (κ3) is 2.34. The van der Waals surface area contributed by atoms with Crippen LogP contribution in [-0.2, 0) is 0 Å². The minimum atomic E-state index is 0.186. The van der Waals surface area contributed by atoms with Gasteiger partial charge in [-0.25, -0.2) is 4.68 Å². The topological polar surface area (TPSA) is 53.1 Å². The lowest BCUT2D eigenvalue weighted by atomic mass is 10.3. The van der Waals surface area contributed by atoms with Crippen molar-refractivity contribution in [1.29, 1.82) is 0 Å². The van der Waals surface area contributed by atoms with E-state index in [9.17, 15) is 0 Å². The summed E-state index contributed by atoms with van der Waals surface area (Å²) in [5.41, 5.74) is 6.52. The maximum Gasteiger partial charge on any atom is 0.145 e. The zero-order valence-electron chi connectivity index (χ0n) is 9.42. The standard InChI is InChI=1S/C12H15N3O/c1-9(2)16-11-5-3-10(4-6-11)15-8-7-12(13)14-15/h3-9H,1-2H3,(H2,13,14). The first kappa shape index (κ1) is 10.5. The van der Waals surface area contributed by atoms with Crippen molar-refractivity contribution in [1.82, 2.24) is 9.78 Å². The molecule has 84 valence electrons. The highest BCUT2D eigenvalue weighted by Crippen LogP contribution is 2.16. The Morgan fingerprint density at radius 3 is 2.38 bits per heavy atom. The number of nitrogens with zero attached hydrogens (tertiary/aromatic N) is 2. The highest BCUT2D eigenvalue weighted by Gasteiger charge is 2.00. The molecule has 0 aliphatic rings. The van der Waals surface area contributed by atoms with Crippen molar-refractivity contribution in [3.8, 4) is 11.4 Å². The summed E-state index contributed by atoms with van der Waals surface area (Å²) in [7, 11) is 0. The van der Waals surface area contributed by atoms with Crippen molar-refractivity contribution in [2.24, 2.45) is 0 Å². The van der Waals surface area contributed by atoms with E-state index in [1.54, 1.807) is 10.7 Å². The molecule has 0 radical (unpaired) electrons. The predicted octanol–water partition coefficient (Wildman–Crippen LogP) is 2.24. The number of hydrogen-bond acceptors (Lipinski definition) is 3. The normalized spacial score (nSPS) is 10.7. The lowest BCUT2D eigenvalue weighted by molar-refractivity contribution is 0.242. The van der Waals surface area contributed by atoms with Crippen molar-refractivity contribution in [3.05, 3.63) is 36.5 Å². The van der Waals surface area contributed by atoms with Gasteiger partial charge in [-0.2, -0.15) is 5.10 Å². The number of nitrogens with two attached hydrogens (primary N) is 1. The van der Waals surface area contributed by atoms with E-state index in [2.05, 4.69) is 5.10 Å². The Hall–Kier alpha value is -1.97. The first-order valence-corrected chi connectivity index (χ1v) is 5.23. The van der Waals surface area contributed by atoms with E-state index in [1.165, 1.54) is 0 Å². The molecule has 2 N–H and O–H groups in total. The fourth-order valence-electron chi connectivity index (χ4n) is 1.43. The fraction of sp³-hybridized carbons (Fsp3) is 0.250. The van der Waals surface area contributed by atoms with Gasteiger partial charge in [0.2, 0.25) is 0 Å². The number of aromatic nitrogens is 2. The van der Waals surface area contributed by atoms with Crippen molar-refractivity contribution in [2.45, 2.75) is 20.0 Å². The fourth-order valence-corrected chi connectivity index (χ4v) is 1.43. The quantitative estimate of drug-likeness (QED) is 0.857. The van der Waals surface area contributed by atoms with Gasteiger partial charge in [-0.1, -0.05) is 0 Å². The van der Waals surface area contributed by atoms with Gasteiger partial charge in [0, 0.05) is 12.3 Å². The van der Waals surface area contributed by atoms with Gasteiger partial charge in [0.1, 0.15) is 11.6 Å². The van der Waals surface area contributed by atoms with Crippen LogP contribution in [0.4, 0.5) is 5.82 Å². The molecule has 0 amide bonds. The van der Waals surface area contributed by atoms with Crippen LogP contribution in [0.15, 0.2) is 36.5 Å². The van der Waals surface area contributed by atoms with E-state index in [0.29, 0.717) is 5.82 Å². The Labute approximate surface area is 94.6 Å². The minimum absolute atomic E-state index is 0.186. The molecule has 0 fully saturated rings. The predicted molar refractivity (Wildman–Crippen MR) is 63.7 cm³/mol. The molecule has 0 unspecified atom stereocenters. The Morgan fingerprint density at radius 2 is 1.88 bits per heavy atom. The van der Waals surface area contributed by atoms with Crippen LogP contribution in [0.3, 0.4) is 0 Å². The molecule has 16 heavy (non-hydrogen) atoms. The summed E-state index contributed by atoms with van der Waals surface area (Å²) in [6.07, 6.45) is 2.01. The molecule has 0 bridgehead atoms. The molecule has 0 saturated carbocycles. The average Bonchev–Trinajstić information content (AvgIpc) is 2.65. The first-order valence-electron chi connectivity index (χ1n) is 5.23. The lowest BCUT2D eigenvalue weighted by Crippen LogP contribution is -2.05. The molecule has 2 rings (SSSR count). The molecule has 1 aromatic carbocycles. The molecular formula is C12H15N3O. The maximum absolute atomic E-state index is 5.56. The van der Waals surface area contributed by atoms with Gasteiger partial charge in [0.25, 0.3) is 0 Å². The molecule has 2 aromatic rings. The molecule has 0 spiro atoms. The van der Waals surface area contributed by atoms with Crippen molar-refractivity contribution >= 4 is 5.82 Å². The van der Waals surface area contributed by atoms with Gasteiger partial charge in [0.15, 0.2) is 0 Å². The number of hydrogen-bond donors (Lipinski definition) is 1. The van der Waals surface area contributed by atoms with Crippen LogP contribution < -0.4 is 10.5 Å². The largest absolute Gasteiger partial charge is 0.491 e. The molecule has 0 aliphatic heterocycles. The van der Waals surface area contributed by atoms with Gasteiger partial charge in [-0.15, -0.1) is 0 Å². The molecule has 0 atom stereocenters. The van der Waals surface area contributed by atoms with Gasteiger partial charge < -0.3 is 10.5 Å². The number of anilines is 1. The molecule has 1 heterocycles. The number of benzene rings is 1. The SMILES string of the molecule is CC(C)Oc1ccc(-n2ccc(N)n2)cc1. The van der Waals surface area contributed by atoms with Crippen LogP contribution in [0.1, 0.15) is 13.8 Å². The van der Waals surface area contributed by atoms with Gasteiger partial charge >= 0.3 is 0 Å². The monoisotopic (exact) mass is 217 g/mol. The zero-order valence-corrected chi connectivity index (χ0v) is 9.42. The summed E-state index contributed by atoms with van der Waals surface area (Å²) < 4.78 is 7.29. The Kier molecular flexibility index (Phi) is 2.81. The van der Waals surface area contributed by atoms with Crippen molar-refractivity contribution in [3.63, 3.8) is 0 Å². The number of ether oxygens (including phenoxy) is 1. The molecule has 0 saturated heterocycles. The van der Waals surface area contributed by atoms with Gasteiger partial charge in [-0.05, 0) is 38.1 Å².